The third kappa shape index (κ3) is 4.11. The number of amides is 1. The van der Waals surface area contributed by atoms with Gasteiger partial charge in [0.2, 0.25) is 12.7 Å². The summed E-state index contributed by atoms with van der Waals surface area (Å²) in [7, 11) is 0. The summed E-state index contributed by atoms with van der Waals surface area (Å²) in [6.07, 6.45) is 1.47. The van der Waals surface area contributed by atoms with Gasteiger partial charge in [0.25, 0.3) is 5.91 Å². The number of anilines is 2. The molecule has 148 valence electrons. The first-order valence-electron chi connectivity index (χ1n) is 9.03. The standard InChI is InChI=1S/C21H19FN4O3/c1-12-7-15(22)4-5-17(12)26-20(27)16-10-24-21(25-13(16)2)23-9-14-3-6-18-19(8-14)29-11-28-18/h3-8,10H,9,11H2,1-2H3,(H,26,27)(H,23,24,25). The van der Waals surface area contributed by atoms with Crippen molar-refractivity contribution in [3.8, 4) is 11.5 Å². The van der Waals surface area contributed by atoms with Crippen LogP contribution in [0.15, 0.2) is 42.6 Å². The molecule has 7 nitrogen and oxygen atoms in total. The molecule has 2 N–H and O–H groups in total. The second-order valence-corrected chi connectivity index (χ2v) is 6.65. The molecule has 1 aliphatic rings. The summed E-state index contributed by atoms with van der Waals surface area (Å²) in [5.74, 6) is 1.16. The maximum atomic E-state index is 13.2. The molecular formula is C21H19FN4O3. The highest BCUT2D eigenvalue weighted by molar-refractivity contribution is 6.05. The minimum atomic E-state index is -0.349. The van der Waals surface area contributed by atoms with Crippen LogP contribution in [0, 0.1) is 19.7 Å². The molecule has 0 unspecified atom stereocenters. The molecule has 2 heterocycles. The number of rotatable bonds is 5. The Morgan fingerprint density at radius 2 is 1.97 bits per heavy atom. The van der Waals surface area contributed by atoms with Crippen molar-refractivity contribution in [1.29, 1.82) is 0 Å². The van der Waals surface area contributed by atoms with E-state index in [0.717, 1.165) is 11.3 Å². The molecule has 8 heteroatoms. The SMILES string of the molecule is Cc1cc(F)ccc1NC(=O)c1cnc(NCc2ccc3c(c2)OCO3)nc1C. The molecule has 29 heavy (non-hydrogen) atoms. The van der Waals surface area contributed by atoms with E-state index in [2.05, 4.69) is 20.6 Å². The summed E-state index contributed by atoms with van der Waals surface area (Å²) < 4.78 is 23.9. The lowest BCUT2D eigenvalue weighted by Crippen LogP contribution is -2.16. The highest BCUT2D eigenvalue weighted by atomic mass is 19.1. The predicted octanol–water partition coefficient (Wildman–Crippen LogP) is 3.83. The number of ether oxygens (including phenoxy) is 2. The zero-order valence-electron chi connectivity index (χ0n) is 16.0. The van der Waals surface area contributed by atoms with Gasteiger partial charge in [0.15, 0.2) is 11.5 Å². The highest BCUT2D eigenvalue weighted by Crippen LogP contribution is 2.32. The van der Waals surface area contributed by atoms with E-state index in [-0.39, 0.29) is 18.5 Å². The minimum Gasteiger partial charge on any atom is -0.454 e. The Bertz CT molecular complexity index is 1090. The van der Waals surface area contributed by atoms with Crippen LogP contribution in [-0.4, -0.2) is 22.7 Å². The van der Waals surface area contributed by atoms with Crippen LogP contribution in [0.5, 0.6) is 11.5 Å². The number of carbonyl (C=O) groups excluding carboxylic acids is 1. The Hall–Kier alpha value is -3.68. The van der Waals surface area contributed by atoms with Gasteiger partial charge in [-0.1, -0.05) is 6.07 Å². The van der Waals surface area contributed by atoms with Gasteiger partial charge in [-0.2, -0.15) is 0 Å². The first-order chi connectivity index (χ1) is 14.0. The molecule has 1 aliphatic heterocycles. The maximum Gasteiger partial charge on any atom is 0.259 e. The molecule has 0 radical (unpaired) electrons. The van der Waals surface area contributed by atoms with E-state index in [4.69, 9.17) is 9.47 Å². The smallest absolute Gasteiger partial charge is 0.259 e. The molecule has 3 aromatic rings. The second kappa shape index (κ2) is 7.75. The summed E-state index contributed by atoms with van der Waals surface area (Å²) in [6.45, 7) is 4.19. The maximum absolute atomic E-state index is 13.2. The number of benzene rings is 2. The lowest BCUT2D eigenvalue weighted by molar-refractivity contribution is 0.102. The molecule has 0 atom stereocenters. The molecule has 0 aliphatic carbocycles. The molecule has 2 aromatic carbocycles. The van der Waals surface area contributed by atoms with Crippen molar-refractivity contribution >= 4 is 17.5 Å². The quantitative estimate of drug-likeness (QED) is 0.684. The first kappa shape index (κ1) is 18.7. The number of nitrogens with one attached hydrogen (secondary N) is 2. The molecule has 0 spiro atoms. The zero-order valence-corrected chi connectivity index (χ0v) is 16.0. The predicted molar refractivity (Wildman–Crippen MR) is 106 cm³/mol. The van der Waals surface area contributed by atoms with Gasteiger partial charge >= 0.3 is 0 Å². The number of hydrogen-bond donors (Lipinski definition) is 2. The fraction of sp³-hybridized carbons (Fsp3) is 0.190. The van der Waals surface area contributed by atoms with E-state index in [9.17, 15) is 9.18 Å². The van der Waals surface area contributed by atoms with Gasteiger partial charge < -0.3 is 20.1 Å². The van der Waals surface area contributed by atoms with Crippen LogP contribution >= 0.6 is 0 Å². The molecule has 0 bridgehead atoms. The highest BCUT2D eigenvalue weighted by Gasteiger charge is 2.15. The second-order valence-electron chi connectivity index (χ2n) is 6.65. The van der Waals surface area contributed by atoms with Gasteiger partial charge in [-0.3, -0.25) is 4.79 Å². The summed E-state index contributed by atoms with van der Waals surface area (Å²) in [4.78, 5) is 21.1. The van der Waals surface area contributed by atoms with Crippen LogP contribution in [0.2, 0.25) is 0 Å². The number of carbonyl (C=O) groups is 1. The van der Waals surface area contributed by atoms with Gasteiger partial charge in [-0.05, 0) is 55.3 Å². The van der Waals surface area contributed by atoms with E-state index in [1.165, 1.54) is 24.4 Å². The third-order valence-corrected chi connectivity index (χ3v) is 4.55. The number of halogens is 1. The monoisotopic (exact) mass is 394 g/mol. The van der Waals surface area contributed by atoms with Crippen molar-refractivity contribution in [3.63, 3.8) is 0 Å². The Balaban J connectivity index is 1.42. The largest absolute Gasteiger partial charge is 0.454 e. The lowest BCUT2D eigenvalue weighted by atomic mass is 10.1. The van der Waals surface area contributed by atoms with Crippen LogP contribution in [0.4, 0.5) is 16.0 Å². The fourth-order valence-electron chi connectivity index (χ4n) is 2.96. The van der Waals surface area contributed by atoms with Crippen molar-refractivity contribution < 1.29 is 18.7 Å². The first-order valence-corrected chi connectivity index (χ1v) is 9.03. The molecule has 0 saturated carbocycles. The summed E-state index contributed by atoms with van der Waals surface area (Å²) in [5, 5.41) is 5.90. The summed E-state index contributed by atoms with van der Waals surface area (Å²) in [5.41, 5.74) is 3.05. The molecule has 1 aromatic heterocycles. The number of fused-ring (bicyclic) bond motifs is 1. The molecular weight excluding hydrogens is 375 g/mol. The molecule has 0 saturated heterocycles. The van der Waals surface area contributed by atoms with Crippen LogP contribution in [0.3, 0.4) is 0 Å². The molecule has 1 amide bonds. The lowest BCUT2D eigenvalue weighted by Gasteiger charge is -2.11. The topological polar surface area (TPSA) is 85.4 Å². The summed E-state index contributed by atoms with van der Waals surface area (Å²) >= 11 is 0. The van der Waals surface area contributed by atoms with E-state index in [1.807, 2.05) is 18.2 Å². The number of nitrogens with zero attached hydrogens (tertiary/aromatic N) is 2. The van der Waals surface area contributed by atoms with Crippen LogP contribution in [0.1, 0.15) is 27.2 Å². The summed E-state index contributed by atoms with van der Waals surface area (Å²) in [6, 6.07) is 9.88. The van der Waals surface area contributed by atoms with Crippen LogP contribution < -0.4 is 20.1 Å². The molecule has 0 fully saturated rings. The van der Waals surface area contributed by atoms with Gasteiger partial charge in [-0.25, -0.2) is 14.4 Å². The normalized spacial score (nSPS) is 12.0. The Kier molecular flexibility index (Phi) is 4.99. The van der Waals surface area contributed by atoms with Gasteiger partial charge in [-0.15, -0.1) is 0 Å². The van der Waals surface area contributed by atoms with E-state index in [1.54, 1.807) is 13.8 Å². The van der Waals surface area contributed by atoms with Crippen LogP contribution in [-0.2, 0) is 6.54 Å². The fourth-order valence-corrected chi connectivity index (χ4v) is 2.96. The minimum absolute atomic E-state index is 0.232. The van der Waals surface area contributed by atoms with Gasteiger partial charge in [0.05, 0.1) is 11.3 Å². The number of aryl methyl sites for hydroxylation is 2. The van der Waals surface area contributed by atoms with E-state index in [0.29, 0.717) is 40.8 Å². The third-order valence-electron chi connectivity index (χ3n) is 4.55. The van der Waals surface area contributed by atoms with Crippen molar-refractivity contribution in [2.45, 2.75) is 20.4 Å². The van der Waals surface area contributed by atoms with Crippen molar-refractivity contribution in [3.05, 3.63) is 70.8 Å². The Labute approximate surface area is 166 Å². The van der Waals surface area contributed by atoms with E-state index >= 15 is 0 Å². The van der Waals surface area contributed by atoms with Crippen molar-refractivity contribution in [2.75, 3.05) is 17.4 Å². The number of hydrogen-bond acceptors (Lipinski definition) is 6. The van der Waals surface area contributed by atoms with Gasteiger partial charge in [0, 0.05) is 18.4 Å². The van der Waals surface area contributed by atoms with E-state index < -0.39 is 0 Å². The Morgan fingerprint density at radius 1 is 1.14 bits per heavy atom. The average molecular weight is 394 g/mol. The number of aromatic nitrogens is 2. The average Bonchev–Trinajstić information content (AvgIpc) is 3.16. The van der Waals surface area contributed by atoms with Crippen molar-refractivity contribution in [2.24, 2.45) is 0 Å². The zero-order chi connectivity index (χ0) is 20.4. The van der Waals surface area contributed by atoms with Crippen LogP contribution in [0.25, 0.3) is 0 Å². The van der Waals surface area contributed by atoms with Gasteiger partial charge in [0.1, 0.15) is 5.82 Å². The van der Waals surface area contributed by atoms with Crippen molar-refractivity contribution in [1.82, 2.24) is 9.97 Å². The molecule has 4 rings (SSSR count). The Morgan fingerprint density at radius 3 is 2.76 bits per heavy atom.